The third-order valence-electron chi connectivity index (χ3n) is 4.26. The molecule has 0 saturated carbocycles. The minimum atomic E-state index is -0.548. The fourth-order valence-electron chi connectivity index (χ4n) is 2.76. The molecule has 142 valence electrons. The molecule has 0 saturated heterocycles. The summed E-state index contributed by atoms with van der Waals surface area (Å²) >= 11 is 0. The quantitative estimate of drug-likeness (QED) is 0.506. The maximum absolute atomic E-state index is 12.8. The number of hydrogen-bond donors (Lipinski definition) is 1. The van der Waals surface area contributed by atoms with Gasteiger partial charge in [-0.05, 0) is 35.4 Å². The Kier molecular flexibility index (Phi) is 6.41. The molecule has 0 spiro atoms. The van der Waals surface area contributed by atoms with Crippen LogP contribution in [0.25, 0.3) is 0 Å². The molecule has 0 aliphatic rings. The molecule has 3 aromatic carbocycles. The van der Waals surface area contributed by atoms with E-state index in [0.29, 0.717) is 24.3 Å². The van der Waals surface area contributed by atoms with E-state index in [-0.39, 0.29) is 12.5 Å². The number of carbonyl (C=O) groups excluding carboxylic acids is 2. The van der Waals surface area contributed by atoms with Crippen LogP contribution < -0.4 is 5.73 Å². The smallest absolute Gasteiger partial charge is 0.338 e. The average Bonchev–Trinajstić information content (AvgIpc) is 2.73. The fourth-order valence-corrected chi connectivity index (χ4v) is 2.76. The number of ether oxygens (including phenoxy) is 1. The number of nitrogens with zero attached hydrogens (tertiary/aromatic N) is 1. The van der Waals surface area contributed by atoms with E-state index in [4.69, 9.17) is 10.5 Å². The topological polar surface area (TPSA) is 72.6 Å². The van der Waals surface area contributed by atoms with Gasteiger partial charge in [-0.3, -0.25) is 4.79 Å². The molecular formula is C23H22N2O3. The Bertz CT molecular complexity index is 868. The molecule has 1 amide bonds. The van der Waals surface area contributed by atoms with Crippen LogP contribution in [0.3, 0.4) is 0 Å². The number of amides is 1. The van der Waals surface area contributed by atoms with Crippen molar-refractivity contribution in [3.63, 3.8) is 0 Å². The first-order chi connectivity index (χ1) is 13.6. The largest absolute Gasteiger partial charge is 0.452 e. The molecule has 0 bridgehead atoms. The summed E-state index contributed by atoms with van der Waals surface area (Å²) in [7, 11) is 0. The van der Waals surface area contributed by atoms with Gasteiger partial charge in [-0.1, -0.05) is 60.7 Å². The van der Waals surface area contributed by atoms with Crippen LogP contribution in [0.2, 0.25) is 0 Å². The van der Waals surface area contributed by atoms with Crippen molar-refractivity contribution < 1.29 is 14.3 Å². The minimum absolute atomic E-state index is 0.253. The summed E-state index contributed by atoms with van der Waals surface area (Å²) in [6.45, 7) is 0.560. The molecule has 0 atom stereocenters. The maximum atomic E-state index is 12.8. The number of benzene rings is 3. The van der Waals surface area contributed by atoms with Crippen molar-refractivity contribution in [1.82, 2.24) is 4.90 Å². The lowest BCUT2D eigenvalue weighted by Crippen LogP contribution is -2.33. The van der Waals surface area contributed by atoms with Crippen molar-refractivity contribution in [2.45, 2.75) is 13.1 Å². The first-order valence-electron chi connectivity index (χ1n) is 9.00. The number of anilines is 1. The maximum Gasteiger partial charge on any atom is 0.338 e. The summed E-state index contributed by atoms with van der Waals surface area (Å²) in [5, 5.41) is 0. The summed E-state index contributed by atoms with van der Waals surface area (Å²) in [5.74, 6) is -0.802. The molecule has 0 aromatic heterocycles. The predicted octanol–water partition coefficient (Wildman–Crippen LogP) is 3.65. The standard InChI is InChI=1S/C23H22N2O3/c24-21-13-11-20(12-14-21)23(27)28-17-22(26)25(15-18-7-3-1-4-8-18)16-19-9-5-2-6-10-19/h1-14H,15-17,24H2. The molecule has 0 radical (unpaired) electrons. The van der Waals surface area contributed by atoms with Crippen LogP contribution in [0.5, 0.6) is 0 Å². The van der Waals surface area contributed by atoms with Gasteiger partial charge in [-0.2, -0.15) is 0 Å². The molecule has 3 rings (SSSR count). The van der Waals surface area contributed by atoms with Gasteiger partial charge >= 0.3 is 5.97 Å². The van der Waals surface area contributed by atoms with E-state index < -0.39 is 5.97 Å². The molecule has 2 N–H and O–H groups in total. The van der Waals surface area contributed by atoms with Gasteiger partial charge in [0.25, 0.3) is 5.91 Å². The monoisotopic (exact) mass is 374 g/mol. The number of rotatable bonds is 7. The van der Waals surface area contributed by atoms with Gasteiger partial charge in [0.2, 0.25) is 0 Å². The zero-order chi connectivity index (χ0) is 19.8. The number of carbonyl (C=O) groups is 2. The summed E-state index contributed by atoms with van der Waals surface area (Å²) in [4.78, 5) is 26.6. The SMILES string of the molecule is Nc1ccc(C(=O)OCC(=O)N(Cc2ccccc2)Cc2ccccc2)cc1. The highest BCUT2D eigenvalue weighted by Crippen LogP contribution is 2.12. The van der Waals surface area contributed by atoms with Gasteiger partial charge in [0.15, 0.2) is 6.61 Å². The van der Waals surface area contributed by atoms with Gasteiger partial charge in [0.05, 0.1) is 5.56 Å². The van der Waals surface area contributed by atoms with Gasteiger partial charge in [0.1, 0.15) is 0 Å². The lowest BCUT2D eigenvalue weighted by Gasteiger charge is -2.23. The Hall–Kier alpha value is -3.60. The second-order valence-corrected chi connectivity index (χ2v) is 6.42. The van der Waals surface area contributed by atoms with E-state index >= 15 is 0 Å². The van der Waals surface area contributed by atoms with E-state index in [1.165, 1.54) is 0 Å². The first-order valence-corrected chi connectivity index (χ1v) is 9.00. The Labute approximate surface area is 164 Å². The lowest BCUT2D eigenvalue weighted by atomic mass is 10.1. The highest BCUT2D eigenvalue weighted by molar-refractivity contribution is 5.91. The molecule has 28 heavy (non-hydrogen) atoms. The lowest BCUT2D eigenvalue weighted by molar-refractivity contribution is -0.135. The van der Waals surface area contributed by atoms with E-state index in [1.54, 1.807) is 29.2 Å². The first kappa shape index (κ1) is 19.2. The molecule has 0 aliphatic heterocycles. The van der Waals surface area contributed by atoms with E-state index in [0.717, 1.165) is 11.1 Å². The summed E-state index contributed by atoms with van der Waals surface area (Å²) in [6.07, 6.45) is 0. The van der Waals surface area contributed by atoms with Crippen molar-refractivity contribution in [2.75, 3.05) is 12.3 Å². The number of hydrogen-bond acceptors (Lipinski definition) is 4. The number of nitrogens with two attached hydrogens (primary N) is 1. The van der Waals surface area contributed by atoms with Gasteiger partial charge < -0.3 is 15.4 Å². The molecule has 3 aromatic rings. The normalized spacial score (nSPS) is 10.3. The molecular weight excluding hydrogens is 352 g/mol. The van der Waals surface area contributed by atoms with Crippen molar-refractivity contribution in [2.24, 2.45) is 0 Å². The third kappa shape index (κ3) is 5.45. The molecule has 0 fully saturated rings. The molecule has 0 unspecified atom stereocenters. The predicted molar refractivity (Wildman–Crippen MR) is 108 cm³/mol. The average molecular weight is 374 g/mol. The Balaban J connectivity index is 1.66. The van der Waals surface area contributed by atoms with E-state index in [2.05, 4.69) is 0 Å². The van der Waals surface area contributed by atoms with Crippen LogP contribution >= 0.6 is 0 Å². The summed E-state index contributed by atoms with van der Waals surface area (Å²) < 4.78 is 5.22. The fraction of sp³-hybridized carbons (Fsp3) is 0.130. The van der Waals surface area contributed by atoms with Crippen molar-refractivity contribution in [1.29, 1.82) is 0 Å². The van der Waals surface area contributed by atoms with Gasteiger partial charge in [-0.25, -0.2) is 4.79 Å². The van der Waals surface area contributed by atoms with E-state index in [1.807, 2.05) is 60.7 Å². The van der Waals surface area contributed by atoms with Crippen LogP contribution in [0.4, 0.5) is 5.69 Å². The molecule has 5 nitrogen and oxygen atoms in total. The highest BCUT2D eigenvalue weighted by Gasteiger charge is 2.17. The second-order valence-electron chi connectivity index (χ2n) is 6.42. The zero-order valence-electron chi connectivity index (χ0n) is 15.5. The highest BCUT2D eigenvalue weighted by atomic mass is 16.5. The Morgan fingerprint density at radius 3 is 1.75 bits per heavy atom. The molecule has 0 aliphatic carbocycles. The van der Waals surface area contributed by atoms with Crippen molar-refractivity contribution in [3.05, 3.63) is 102 Å². The van der Waals surface area contributed by atoms with Crippen molar-refractivity contribution in [3.8, 4) is 0 Å². The van der Waals surface area contributed by atoms with Gasteiger partial charge in [-0.15, -0.1) is 0 Å². The minimum Gasteiger partial charge on any atom is -0.452 e. The number of esters is 1. The summed E-state index contributed by atoms with van der Waals surface area (Å²) in [5.41, 5.74) is 8.56. The molecule has 5 heteroatoms. The molecule has 0 heterocycles. The Morgan fingerprint density at radius 2 is 1.25 bits per heavy atom. The second kappa shape index (κ2) is 9.37. The number of nitrogen functional groups attached to an aromatic ring is 1. The summed E-state index contributed by atoms with van der Waals surface area (Å²) in [6, 6.07) is 25.8. The van der Waals surface area contributed by atoms with Crippen LogP contribution in [0.15, 0.2) is 84.9 Å². The van der Waals surface area contributed by atoms with Crippen LogP contribution in [-0.2, 0) is 22.6 Å². The van der Waals surface area contributed by atoms with E-state index in [9.17, 15) is 9.59 Å². The third-order valence-corrected chi connectivity index (χ3v) is 4.26. The van der Waals surface area contributed by atoms with Crippen LogP contribution in [0, 0.1) is 0 Å². The van der Waals surface area contributed by atoms with Crippen molar-refractivity contribution >= 4 is 17.6 Å². The van der Waals surface area contributed by atoms with Crippen LogP contribution in [-0.4, -0.2) is 23.4 Å². The Morgan fingerprint density at radius 1 is 0.750 bits per heavy atom. The van der Waals surface area contributed by atoms with Crippen LogP contribution in [0.1, 0.15) is 21.5 Å². The zero-order valence-corrected chi connectivity index (χ0v) is 15.5. The van der Waals surface area contributed by atoms with Gasteiger partial charge in [0, 0.05) is 18.8 Å².